The predicted octanol–water partition coefficient (Wildman–Crippen LogP) is 6.10. The van der Waals surface area contributed by atoms with E-state index >= 15 is 0 Å². The molecule has 4 aromatic rings. The molecule has 1 amide bonds. The van der Waals surface area contributed by atoms with Crippen LogP contribution in [0.15, 0.2) is 65.8 Å². The molecule has 0 saturated carbocycles. The van der Waals surface area contributed by atoms with Gasteiger partial charge in [-0.1, -0.05) is 29.3 Å². The summed E-state index contributed by atoms with van der Waals surface area (Å²) in [5.74, 6) is -0.829. The van der Waals surface area contributed by atoms with Gasteiger partial charge >= 0.3 is 0 Å². The van der Waals surface area contributed by atoms with Crippen LogP contribution in [0.2, 0.25) is 10.0 Å². The summed E-state index contributed by atoms with van der Waals surface area (Å²) in [5.41, 5.74) is 2.58. The van der Waals surface area contributed by atoms with Crippen molar-refractivity contribution >= 4 is 57.6 Å². The van der Waals surface area contributed by atoms with Gasteiger partial charge in [0.25, 0.3) is 5.91 Å². The minimum Gasteiger partial charge on any atom is -0.358 e. The number of pyridine rings is 1. The number of fused-ring (bicyclic) bond motifs is 1. The first-order valence-corrected chi connectivity index (χ1v) is 11.0. The number of carbonyl (C=O) groups excluding carboxylic acids is 1. The van der Waals surface area contributed by atoms with E-state index in [0.29, 0.717) is 39.0 Å². The normalized spacial score (nSPS) is 10.9. The van der Waals surface area contributed by atoms with Gasteiger partial charge < -0.3 is 15.0 Å². The van der Waals surface area contributed by atoms with E-state index in [1.165, 1.54) is 6.07 Å². The summed E-state index contributed by atoms with van der Waals surface area (Å²) >= 11 is 13.4. The number of nitrogens with one attached hydrogen (secondary N) is 3. The van der Waals surface area contributed by atoms with E-state index in [4.69, 9.17) is 23.2 Å². The van der Waals surface area contributed by atoms with Crippen molar-refractivity contribution in [3.8, 4) is 0 Å². The number of benzene rings is 2. The lowest BCUT2D eigenvalue weighted by molar-refractivity contribution is 0.0953. The van der Waals surface area contributed by atoms with Crippen LogP contribution in [-0.4, -0.2) is 22.4 Å². The molecule has 158 valence electrons. The van der Waals surface area contributed by atoms with Crippen molar-refractivity contribution in [2.75, 3.05) is 11.3 Å². The van der Waals surface area contributed by atoms with Gasteiger partial charge in [-0.05, 0) is 54.4 Å². The second-order valence-electron chi connectivity index (χ2n) is 6.66. The molecule has 0 atom stereocenters. The first-order chi connectivity index (χ1) is 15.0. The van der Waals surface area contributed by atoms with Crippen molar-refractivity contribution in [3.63, 3.8) is 0 Å². The quantitative estimate of drug-likeness (QED) is 0.283. The minimum atomic E-state index is -0.496. The fraction of sp³-hybridized carbons (Fsp3) is 0.0909. The van der Waals surface area contributed by atoms with Gasteiger partial charge in [-0.3, -0.25) is 9.78 Å². The van der Waals surface area contributed by atoms with Crippen LogP contribution in [-0.2, 0) is 6.42 Å². The van der Waals surface area contributed by atoms with Crippen molar-refractivity contribution in [2.45, 2.75) is 11.3 Å². The zero-order chi connectivity index (χ0) is 21.8. The molecule has 0 aliphatic heterocycles. The molecule has 0 unspecified atom stereocenters. The molecule has 2 aromatic carbocycles. The first kappa shape index (κ1) is 21.5. The number of halogens is 3. The van der Waals surface area contributed by atoms with Gasteiger partial charge in [0.15, 0.2) is 0 Å². The van der Waals surface area contributed by atoms with Gasteiger partial charge in [0.2, 0.25) is 0 Å². The highest BCUT2D eigenvalue weighted by molar-refractivity contribution is 8.00. The molecule has 0 fully saturated rings. The maximum Gasteiger partial charge on any atom is 0.251 e. The molecule has 9 heteroatoms. The molecule has 0 aliphatic carbocycles. The Morgan fingerprint density at radius 3 is 2.77 bits per heavy atom. The summed E-state index contributed by atoms with van der Waals surface area (Å²) in [5, 5.41) is 4.52. The van der Waals surface area contributed by atoms with Crippen LogP contribution in [0.5, 0.6) is 0 Å². The average Bonchev–Trinajstić information content (AvgIpc) is 3.17. The summed E-state index contributed by atoms with van der Waals surface area (Å²) in [6, 6.07) is 13.5. The standard InChI is InChI=1S/C22H17Cl2FN4OS/c23-15-5-6-18(21-20(15)16(24)12-28-21)29-31-19-7-4-13(11-17(19)25)22(30)27-10-8-14-3-1-2-9-26-14/h1-7,9,11-12,28-29H,8,10H2,(H,27,30). The molecular weight excluding hydrogens is 458 g/mol. The zero-order valence-electron chi connectivity index (χ0n) is 16.1. The maximum atomic E-state index is 14.6. The fourth-order valence-electron chi connectivity index (χ4n) is 3.04. The lowest BCUT2D eigenvalue weighted by Crippen LogP contribution is -2.26. The number of hydrogen-bond donors (Lipinski definition) is 3. The van der Waals surface area contributed by atoms with Crippen LogP contribution in [0.3, 0.4) is 0 Å². The number of nitrogens with zero attached hydrogens (tertiary/aromatic N) is 1. The van der Waals surface area contributed by atoms with Crippen LogP contribution < -0.4 is 10.0 Å². The summed E-state index contributed by atoms with van der Waals surface area (Å²) in [6.07, 6.45) is 3.96. The molecule has 0 radical (unpaired) electrons. The Hall–Kier alpha value is -2.74. The lowest BCUT2D eigenvalue weighted by Gasteiger charge is -2.10. The zero-order valence-corrected chi connectivity index (χ0v) is 18.4. The van der Waals surface area contributed by atoms with Crippen LogP contribution in [0, 0.1) is 5.82 Å². The van der Waals surface area contributed by atoms with E-state index in [1.54, 1.807) is 36.7 Å². The van der Waals surface area contributed by atoms with E-state index in [-0.39, 0.29) is 11.5 Å². The Morgan fingerprint density at radius 1 is 1.13 bits per heavy atom. The molecule has 0 aliphatic rings. The Kier molecular flexibility index (Phi) is 6.65. The number of H-pyrrole nitrogens is 1. The monoisotopic (exact) mass is 474 g/mol. The van der Waals surface area contributed by atoms with Gasteiger partial charge in [0.05, 0.1) is 26.1 Å². The van der Waals surface area contributed by atoms with Gasteiger partial charge in [-0.15, -0.1) is 0 Å². The van der Waals surface area contributed by atoms with Gasteiger partial charge in [0.1, 0.15) is 5.82 Å². The number of anilines is 1. The number of aromatic nitrogens is 2. The first-order valence-electron chi connectivity index (χ1n) is 9.38. The van der Waals surface area contributed by atoms with Gasteiger partial charge in [-0.25, -0.2) is 4.39 Å². The third-order valence-electron chi connectivity index (χ3n) is 4.59. The maximum absolute atomic E-state index is 14.6. The minimum absolute atomic E-state index is 0.257. The highest BCUT2D eigenvalue weighted by atomic mass is 35.5. The third kappa shape index (κ3) is 4.95. The largest absolute Gasteiger partial charge is 0.358 e. The van der Waals surface area contributed by atoms with Crippen molar-refractivity contribution in [1.82, 2.24) is 15.3 Å². The highest BCUT2D eigenvalue weighted by Gasteiger charge is 2.13. The number of aromatic amines is 1. The molecule has 0 saturated heterocycles. The fourth-order valence-corrected chi connectivity index (χ4v) is 4.28. The second-order valence-corrected chi connectivity index (χ2v) is 8.32. The Balaban J connectivity index is 1.39. The van der Waals surface area contributed by atoms with Gasteiger partial charge in [-0.2, -0.15) is 0 Å². The molecule has 5 nitrogen and oxygen atoms in total. The Morgan fingerprint density at radius 2 is 2.00 bits per heavy atom. The number of amides is 1. The summed E-state index contributed by atoms with van der Waals surface area (Å²) in [7, 11) is 0. The molecule has 2 aromatic heterocycles. The SMILES string of the molecule is O=C(NCCc1ccccn1)c1ccc(SNc2ccc(Cl)c3c(Cl)c[nH]c23)c(F)c1. The smallest absolute Gasteiger partial charge is 0.251 e. The lowest BCUT2D eigenvalue weighted by atomic mass is 10.2. The average molecular weight is 475 g/mol. The number of hydrogen-bond acceptors (Lipinski definition) is 4. The molecule has 0 bridgehead atoms. The number of carbonyl (C=O) groups is 1. The Labute approximate surface area is 192 Å². The second kappa shape index (κ2) is 9.60. The molecule has 2 heterocycles. The van der Waals surface area contributed by atoms with Crippen LogP contribution in [0.4, 0.5) is 10.1 Å². The molecule has 3 N–H and O–H groups in total. The van der Waals surface area contributed by atoms with Crippen molar-refractivity contribution in [3.05, 3.63) is 88.0 Å². The van der Waals surface area contributed by atoms with Crippen molar-refractivity contribution < 1.29 is 9.18 Å². The Bertz CT molecular complexity index is 1230. The van der Waals surface area contributed by atoms with E-state index in [1.807, 2.05) is 18.2 Å². The van der Waals surface area contributed by atoms with E-state index < -0.39 is 5.82 Å². The van der Waals surface area contributed by atoms with Crippen molar-refractivity contribution in [1.29, 1.82) is 0 Å². The summed E-state index contributed by atoms with van der Waals surface area (Å²) in [4.78, 5) is 19.9. The van der Waals surface area contributed by atoms with Gasteiger partial charge in [0, 0.05) is 42.0 Å². The van der Waals surface area contributed by atoms with Crippen LogP contribution >= 0.6 is 35.1 Å². The summed E-state index contributed by atoms with van der Waals surface area (Å²) in [6.45, 7) is 0.417. The molecule has 31 heavy (non-hydrogen) atoms. The molecule has 4 rings (SSSR count). The number of rotatable bonds is 7. The van der Waals surface area contributed by atoms with E-state index in [9.17, 15) is 9.18 Å². The molecule has 0 spiro atoms. The van der Waals surface area contributed by atoms with E-state index in [2.05, 4.69) is 20.0 Å². The highest BCUT2D eigenvalue weighted by Crippen LogP contribution is 2.36. The molecular formula is C22H17Cl2FN4OS. The van der Waals surface area contributed by atoms with Crippen molar-refractivity contribution in [2.24, 2.45) is 0 Å². The van der Waals surface area contributed by atoms with E-state index in [0.717, 1.165) is 23.2 Å². The predicted molar refractivity (Wildman–Crippen MR) is 124 cm³/mol. The van der Waals surface area contributed by atoms with Crippen LogP contribution in [0.25, 0.3) is 10.9 Å². The third-order valence-corrected chi connectivity index (χ3v) is 6.08. The topological polar surface area (TPSA) is 69.8 Å². The van der Waals surface area contributed by atoms with Crippen LogP contribution in [0.1, 0.15) is 16.1 Å². The summed E-state index contributed by atoms with van der Waals surface area (Å²) < 4.78 is 17.7.